The van der Waals surface area contributed by atoms with Crippen LogP contribution in [-0.2, 0) is 7.05 Å². The molecule has 19 heavy (non-hydrogen) atoms. The van der Waals surface area contributed by atoms with Crippen LogP contribution in [0.15, 0.2) is 24.4 Å². The molecule has 3 nitrogen and oxygen atoms in total. The Morgan fingerprint density at radius 1 is 1.42 bits per heavy atom. The van der Waals surface area contributed by atoms with Crippen molar-refractivity contribution in [3.05, 3.63) is 51.5 Å². The van der Waals surface area contributed by atoms with E-state index in [1.807, 2.05) is 6.92 Å². The van der Waals surface area contributed by atoms with Gasteiger partial charge in [-0.25, -0.2) is 4.39 Å². The zero-order valence-electron chi connectivity index (χ0n) is 10.6. The van der Waals surface area contributed by atoms with Crippen molar-refractivity contribution in [2.24, 2.45) is 7.05 Å². The normalized spacial score (nSPS) is 12.7. The van der Waals surface area contributed by atoms with Crippen molar-refractivity contribution in [2.75, 3.05) is 6.54 Å². The van der Waals surface area contributed by atoms with Gasteiger partial charge in [0.15, 0.2) is 0 Å². The first-order valence-electron chi connectivity index (χ1n) is 5.90. The zero-order chi connectivity index (χ0) is 14.0. The van der Waals surface area contributed by atoms with E-state index in [2.05, 4.69) is 10.4 Å². The Hall–Kier alpha value is -1.10. The van der Waals surface area contributed by atoms with Crippen LogP contribution in [0.4, 0.5) is 4.39 Å². The van der Waals surface area contributed by atoms with Crippen molar-refractivity contribution in [3.63, 3.8) is 0 Å². The van der Waals surface area contributed by atoms with E-state index < -0.39 is 0 Å². The quantitative estimate of drug-likeness (QED) is 0.936. The summed E-state index contributed by atoms with van der Waals surface area (Å²) in [5, 5.41) is 8.17. The molecule has 2 aromatic rings. The van der Waals surface area contributed by atoms with E-state index in [1.165, 1.54) is 6.07 Å². The van der Waals surface area contributed by atoms with Crippen molar-refractivity contribution < 1.29 is 4.39 Å². The van der Waals surface area contributed by atoms with Crippen LogP contribution in [0.25, 0.3) is 0 Å². The minimum absolute atomic E-state index is 0.359. The number of hydrogen-bond donors (Lipinski definition) is 1. The largest absolute Gasteiger partial charge is 0.305 e. The Labute approximate surface area is 121 Å². The molecule has 0 saturated carbocycles. The lowest BCUT2D eigenvalue weighted by Crippen LogP contribution is -2.25. The minimum Gasteiger partial charge on any atom is -0.305 e. The molecule has 1 unspecified atom stereocenters. The van der Waals surface area contributed by atoms with Gasteiger partial charge in [-0.15, -0.1) is 0 Å². The van der Waals surface area contributed by atoms with Crippen molar-refractivity contribution in [1.29, 1.82) is 0 Å². The standard InChI is InChI=1S/C13H14Cl2FN3/c1-3-17-12(13-10(15)7-18-19(13)2)9-5-4-8(14)6-11(9)16/h4-7,12,17H,3H2,1-2H3. The molecule has 0 radical (unpaired) electrons. The smallest absolute Gasteiger partial charge is 0.129 e. The highest BCUT2D eigenvalue weighted by Gasteiger charge is 2.23. The van der Waals surface area contributed by atoms with Crippen LogP contribution in [0.2, 0.25) is 10.0 Å². The lowest BCUT2D eigenvalue weighted by atomic mass is 10.0. The van der Waals surface area contributed by atoms with Crippen LogP contribution in [-0.4, -0.2) is 16.3 Å². The highest BCUT2D eigenvalue weighted by molar-refractivity contribution is 6.31. The van der Waals surface area contributed by atoms with E-state index >= 15 is 0 Å². The van der Waals surface area contributed by atoms with Crippen molar-refractivity contribution in [1.82, 2.24) is 15.1 Å². The maximum atomic E-state index is 14.1. The summed E-state index contributed by atoms with van der Waals surface area (Å²) in [5.74, 6) is -0.365. The van der Waals surface area contributed by atoms with Gasteiger partial charge < -0.3 is 5.32 Å². The molecule has 0 aliphatic carbocycles. The molecule has 0 spiro atoms. The number of nitrogens with one attached hydrogen (secondary N) is 1. The van der Waals surface area contributed by atoms with E-state index in [1.54, 1.807) is 30.1 Å². The van der Waals surface area contributed by atoms with E-state index in [-0.39, 0.29) is 11.9 Å². The van der Waals surface area contributed by atoms with E-state index in [9.17, 15) is 4.39 Å². The fourth-order valence-electron chi connectivity index (χ4n) is 2.04. The molecule has 102 valence electrons. The molecular formula is C13H14Cl2FN3. The van der Waals surface area contributed by atoms with Crippen LogP contribution in [0.1, 0.15) is 24.2 Å². The Morgan fingerprint density at radius 2 is 2.16 bits per heavy atom. The van der Waals surface area contributed by atoms with Gasteiger partial charge >= 0.3 is 0 Å². The molecule has 1 aromatic heterocycles. The van der Waals surface area contributed by atoms with E-state index in [4.69, 9.17) is 23.2 Å². The van der Waals surface area contributed by atoms with Gasteiger partial charge in [-0.3, -0.25) is 4.68 Å². The third-order valence-corrected chi connectivity index (χ3v) is 3.42. The maximum absolute atomic E-state index is 14.1. The number of rotatable bonds is 4. The van der Waals surface area contributed by atoms with Gasteiger partial charge in [-0.2, -0.15) is 5.10 Å². The average Bonchev–Trinajstić information content (AvgIpc) is 2.67. The van der Waals surface area contributed by atoms with E-state index in [0.717, 1.165) is 5.69 Å². The number of hydrogen-bond acceptors (Lipinski definition) is 2. The SMILES string of the molecule is CCNC(c1ccc(Cl)cc1F)c1c(Cl)cnn1C. The fourth-order valence-corrected chi connectivity index (χ4v) is 2.47. The van der Waals surface area contributed by atoms with Crippen LogP contribution in [0.3, 0.4) is 0 Å². The summed E-state index contributed by atoms with van der Waals surface area (Å²) < 4.78 is 15.7. The summed E-state index contributed by atoms with van der Waals surface area (Å²) in [4.78, 5) is 0. The molecule has 0 bridgehead atoms. The van der Waals surface area contributed by atoms with Gasteiger partial charge in [-0.1, -0.05) is 36.2 Å². The summed E-state index contributed by atoms with van der Waals surface area (Å²) in [6.07, 6.45) is 1.55. The number of aromatic nitrogens is 2. The second kappa shape index (κ2) is 5.90. The molecule has 1 atom stereocenters. The van der Waals surface area contributed by atoms with Crippen LogP contribution in [0, 0.1) is 5.82 Å². The predicted molar refractivity (Wildman–Crippen MR) is 75.1 cm³/mol. The molecule has 0 saturated heterocycles. The molecule has 1 N–H and O–H groups in total. The monoisotopic (exact) mass is 301 g/mol. The second-order valence-corrected chi connectivity index (χ2v) is 5.00. The molecular weight excluding hydrogens is 288 g/mol. The van der Waals surface area contributed by atoms with Crippen molar-refractivity contribution in [2.45, 2.75) is 13.0 Å². The molecule has 0 aliphatic rings. The average molecular weight is 302 g/mol. The van der Waals surface area contributed by atoms with Gasteiger partial charge in [0.05, 0.1) is 23.0 Å². The molecule has 1 heterocycles. The third kappa shape index (κ3) is 2.91. The van der Waals surface area contributed by atoms with Gasteiger partial charge in [0, 0.05) is 17.6 Å². The minimum atomic E-state index is -0.365. The third-order valence-electron chi connectivity index (χ3n) is 2.89. The Bertz CT molecular complexity index is 564. The summed E-state index contributed by atoms with van der Waals surface area (Å²) >= 11 is 11.9. The molecule has 0 aliphatic heterocycles. The Kier molecular flexibility index (Phi) is 4.45. The summed E-state index contributed by atoms with van der Waals surface area (Å²) in [7, 11) is 1.78. The first kappa shape index (κ1) is 14.3. The van der Waals surface area contributed by atoms with Crippen LogP contribution < -0.4 is 5.32 Å². The van der Waals surface area contributed by atoms with E-state index in [0.29, 0.717) is 22.2 Å². The van der Waals surface area contributed by atoms with Crippen LogP contribution >= 0.6 is 23.2 Å². The van der Waals surface area contributed by atoms with Crippen LogP contribution in [0.5, 0.6) is 0 Å². The Balaban J connectivity index is 2.51. The summed E-state index contributed by atoms with van der Waals surface area (Å²) in [6.45, 7) is 2.62. The first-order chi connectivity index (χ1) is 9.04. The molecule has 1 aromatic carbocycles. The zero-order valence-corrected chi connectivity index (χ0v) is 12.1. The summed E-state index contributed by atoms with van der Waals surface area (Å²) in [5.41, 5.74) is 1.22. The molecule has 0 fully saturated rings. The lowest BCUT2D eigenvalue weighted by Gasteiger charge is -2.20. The Morgan fingerprint density at radius 3 is 2.68 bits per heavy atom. The van der Waals surface area contributed by atoms with Crippen molar-refractivity contribution >= 4 is 23.2 Å². The van der Waals surface area contributed by atoms with Gasteiger partial charge in [0.2, 0.25) is 0 Å². The number of nitrogens with zero attached hydrogens (tertiary/aromatic N) is 2. The number of halogens is 3. The lowest BCUT2D eigenvalue weighted by molar-refractivity contribution is 0.532. The predicted octanol–water partition coefficient (Wildman–Crippen LogP) is 3.56. The highest BCUT2D eigenvalue weighted by Crippen LogP contribution is 2.30. The first-order valence-corrected chi connectivity index (χ1v) is 6.66. The number of aryl methyl sites for hydroxylation is 1. The summed E-state index contributed by atoms with van der Waals surface area (Å²) in [6, 6.07) is 4.26. The van der Waals surface area contributed by atoms with Gasteiger partial charge in [0.1, 0.15) is 5.82 Å². The molecule has 0 amide bonds. The molecule has 6 heteroatoms. The molecule has 2 rings (SSSR count). The topological polar surface area (TPSA) is 29.9 Å². The fraction of sp³-hybridized carbons (Fsp3) is 0.308. The second-order valence-electron chi connectivity index (χ2n) is 4.16. The van der Waals surface area contributed by atoms with Gasteiger partial charge in [-0.05, 0) is 18.7 Å². The maximum Gasteiger partial charge on any atom is 0.129 e. The van der Waals surface area contributed by atoms with Gasteiger partial charge in [0.25, 0.3) is 0 Å². The number of benzene rings is 1. The highest BCUT2D eigenvalue weighted by atomic mass is 35.5. The van der Waals surface area contributed by atoms with Crippen molar-refractivity contribution in [3.8, 4) is 0 Å².